The van der Waals surface area contributed by atoms with Crippen LogP contribution in [0.5, 0.6) is 0 Å². The summed E-state index contributed by atoms with van der Waals surface area (Å²) in [5.41, 5.74) is 12.4. The van der Waals surface area contributed by atoms with E-state index in [9.17, 15) is 9.59 Å². The van der Waals surface area contributed by atoms with E-state index >= 15 is 0 Å². The maximum absolute atomic E-state index is 10.1. The summed E-state index contributed by atoms with van der Waals surface area (Å²) < 4.78 is 0. The normalized spacial score (nSPS) is 11.0. The Labute approximate surface area is 129 Å². The fourth-order valence-electron chi connectivity index (χ4n) is 1.68. The van der Waals surface area contributed by atoms with Crippen LogP contribution in [0, 0.1) is 0 Å². The van der Waals surface area contributed by atoms with Crippen LogP contribution in [-0.2, 0) is 9.59 Å². The number of benzene rings is 2. The molecule has 0 bridgehead atoms. The topological polar surface area (TPSA) is 106 Å². The molecule has 1 amide bonds. The van der Waals surface area contributed by atoms with Crippen LogP contribution in [-0.4, -0.2) is 23.0 Å². The molecular weight excluding hydrogens is 280 g/mol. The Kier molecular flexibility index (Phi) is 7.36. The Morgan fingerprint density at radius 3 is 1.64 bits per heavy atom. The highest BCUT2D eigenvalue weighted by molar-refractivity contribution is 5.77. The van der Waals surface area contributed by atoms with Gasteiger partial charge in [-0.2, -0.15) is 0 Å². The standard InChI is InChI=1S/C12H10.C5H10N2O3/c1-3-7-11(8-4-1)12-9-5-2-6-10-12;6-3(5(9)10)1-2-4(7)8/h1-10H;3H,1-2,6H2,(H2,7,8)(H,9,10). The number of primary amides is 1. The van der Waals surface area contributed by atoms with Crippen molar-refractivity contribution in [3.8, 4) is 11.1 Å². The average Bonchev–Trinajstić information content (AvgIpc) is 2.54. The Morgan fingerprint density at radius 2 is 1.32 bits per heavy atom. The molecule has 5 nitrogen and oxygen atoms in total. The lowest BCUT2D eigenvalue weighted by Gasteiger charge is -2.01. The van der Waals surface area contributed by atoms with Crippen molar-refractivity contribution in [2.24, 2.45) is 11.5 Å². The largest absolute Gasteiger partial charge is 0.480 e. The maximum atomic E-state index is 10.1. The van der Waals surface area contributed by atoms with Crippen molar-refractivity contribution in [1.29, 1.82) is 0 Å². The summed E-state index contributed by atoms with van der Waals surface area (Å²) in [4.78, 5) is 20.1. The second kappa shape index (κ2) is 9.31. The number of rotatable bonds is 5. The van der Waals surface area contributed by atoms with Gasteiger partial charge in [0, 0.05) is 6.42 Å². The molecule has 22 heavy (non-hydrogen) atoms. The molecule has 5 heteroatoms. The van der Waals surface area contributed by atoms with E-state index < -0.39 is 17.9 Å². The highest BCUT2D eigenvalue weighted by atomic mass is 16.4. The molecular formula is C17H20N2O3. The van der Waals surface area contributed by atoms with Crippen LogP contribution in [0.1, 0.15) is 12.8 Å². The number of aliphatic carboxylic acids is 1. The minimum Gasteiger partial charge on any atom is -0.480 e. The van der Waals surface area contributed by atoms with Crippen LogP contribution in [0.2, 0.25) is 0 Å². The number of nitrogens with two attached hydrogens (primary N) is 2. The van der Waals surface area contributed by atoms with E-state index in [2.05, 4.69) is 48.5 Å². The lowest BCUT2D eigenvalue weighted by molar-refractivity contribution is -0.138. The quantitative estimate of drug-likeness (QED) is 0.785. The monoisotopic (exact) mass is 300 g/mol. The molecule has 0 radical (unpaired) electrons. The van der Waals surface area contributed by atoms with Crippen molar-refractivity contribution in [1.82, 2.24) is 0 Å². The Hall–Kier alpha value is -2.66. The lowest BCUT2D eigenvalue weighted by atomic mass is 10.1. The first-order valence-corrected chi connectivity index (χ1v) is 6.88. The molecule has 1 unspecified atom stereocenters. The predicted molar refractivity (Wildman–Crippen MR) is 85.9 cm³/mol. The third kappa shape index (κ3) is 6.67. The molecule has 0 heterocycles. The predicted octanol–water partition coefficient (Wildman–Crippen LogP) is 2.02. The van der Waals surface area contributed by atoms with Crippen LogP contribution in [0.4, 0.5) is 0 Å². The molecule has 116 valence electrons. The molecule has 0 aliphatic heterocycles. The summed E-state index contributed by atoms with van der Waals surface area (Å²) in [6, 6.07) is 19.8. The SMILES string of the molecule is NC(=O)CCC(N)C(=O)O.c1ccc(-c2ccccc2)cc1. The van der Waals surface area contributed by atoms with E-state index in [1.165, 1.54) is 11.1 Å². The van der Waals surface area contributed by atoms with Crippen LogP contribution < -0.4 is 11.5 Å². The minimum absolute atomic E-state index is 0.0213. The smallest absolute Gasteiger partial charge is 0.320 e. The van der Waals surface area contributed by atoms with E-state index in [1.54, 1.807) is 0 Å². The van der Waals surface area contributed by atoms with Gasteiger partial charge in [-0.05, 0) is 17.5 Å². The maximum Gasteiger partial charge on any atom is 0.320 e. The van der Waals surface area contributed by atoms with Gasteiger partial charge in [-0.1, -0.05) is 60.7 Å². The van der Waals surface area contributed by atoms with Crippen molar-refractivity contribution in [3.63, 3.8) is 0 Å². The van der Waals surface area contributed by atoms with Crippen molar-refractivity contribution < 1.29 is 14.7 Å². The number of carboxylic acids is 1. The van der Waals surface area contributed by atoms with Gasteiger partial charge in [-0.3, -0.25) is 9.59 Å². The van der Waals surface area contributed by atoms with Gasteiger partial charge in [-0.15, -0.1) is 0 Å². The minimum atomic E-state index is -1.11. The molecule has 2 rings (SSSR count). The molecule has 5 N–H and O–H groups in total. The van der Waals surface area contributed by atoms with E-state index in [1.807, 2.05) is 12.1 Å². The van der Waals surface area contributed by atoms with Crippen LogP contribution in [0.25, 0.3) is 11.1 Å². The third-order valence-electron chi connectivity index (χ3n) is 2.90. The Balaban J connectivity index is 0.000000225. The van der Waals surface area contributed by atoms with Crippen LogP contribution >= 0.6 is 0 Å². The lowest BCUT2D eigenvalue weighted by Crippen LogP contribution is -2.31. The summed E-state index contributed by atoms with van der Waals surface area (Å²) in [5.74, 6) is -1.64. The second-order valence-corrected chi connectivity index (χ2v) is 4.68. The number of hydrogen-bond donors (Lipinski definition) is 3. The molecule has 1 atom stereocenters. The fraction of sp³-hybridized carbons (Fsp3) is 0.176. The van der Waals surface area contributed by atoms with E-state index in [0.717, 1.165) is 0 Å². The highest BCUT2D eigenvalue weighted by Crippen LogP contribution is 2.17. The first kappa shape index (κ1) is 17.4. The molecule has 0 saturated carbocycles. The van der Waals surface area contributed by atoms with Gasteiger partial charge < -0.3 is 16.6 Å². The number of carboxylic acid groups (broad SMARTS) is 1. The zero-order chi connectivity index (χ0) is 16.4. The van der Waals surface area contributed by atoms with Gasteiger partial charge in [0.2, 0.25) is 5.91 Å². The zero-order valence-corrected chi connectivity index (χ0v) is 12.2. The summed E-state index contributed by atoms with van der Waals surface area (Å²) in [6.07, 6.45) is 0.123. The van der Waals surface area contributed by atoms with Gasteiger partial charge in [0.25, 0.3) is 0 Å². The molecule has 0 aliphatic rings. The molecule has 0 aromatic heterocycles. The van der Waals surface area contributed by atoms with Gasteiger partial charge in [0.15, 0.2) is 0 Å². The van der Waals surface area contributed by atoms with Gasteiger partial charge in [0.1, 0.15) is 6.04 Å². The van der Waals surface area contributed by atoms with Crippen molar-refractivity contribution in [2.45, 2.75) is 18.9 Å². The molecule has 0 saturated heterocycles. The summed E-state index contributed by atoms with van der Waals surface area (Å²) in [7, 11) is 0. The van der Waals surface area contributed by atoms with Crippen LogP contribution in [0.3, 0.4) is 0 Å². The van der Waals surface area contributed by atoms with Gasteiger partial charge >= 0.3 is 5.97 Å². The summed E-state index contributed by atoms with van der Waals surface area (Å²) >= 11 is 0. The first-order chi connectivity index (χ1) is 10.5. The number of amides is 1. The van der Waals surface area contributed by atoms with Crippen molar-refractivity contribution in [2.75, 3.05) is 0 Å². The van der Waals surface area contributed by atoms with E-state index in [-0.39, 0.29) is 12.8 Å². The van der Waals surface area contributed by atoms with E-state index in [0.29, 0.717) is 0 Å². The Morgan fingerprint density at radius 1 is 0.909 bits per heavy atom. The highest BCUT2D eigenvalue weighted by Gasteiger charge is 2.11. The van der Waals surface area contributed by atoms with E-state index in [4.69, 9.17) is 16.6 Å². The summed E-state index contributed by atoms with van der Waals surface area (Å²) in [5, 5.41) is 8.22. The molecule has 0 aliphatic carbocycles. The second-order valence-electron chi connectivity index (χ2n) is 4.68. The molecule has 2 aromatic carbocycles. The first-order valence-electron chi connectivity index (χ1n) is 6.88. The fourth-order valence-corrected chi connectivity index (χ4v) is 1.68. The van der Waals surface area contributed by atoms with Gasteiger partial charge in [-0.25, -0.2) is 0 Å². The molecule has 0 spiro atoms. The number of carbonyl (C=O) groups excluding carboxylic acids is 1. The van der Waals surface area contributed by atoms with Crippen LogP contribution in [0.15, 0.2) is 60.7 Å². The zero-order valence-electron chi connectivity index (χ0n) is 12.2. The Bertz CT molecular complexity index is 548. The number of carbonyl (C=O) groups is 2. The molecule has 2 aromatic rings. The van der Waals surface area contributed by atoms with Gasteiger partial charge in [0.05, 0.1) is 0 Å². The summed E-state index contributed by atoms with van der Waals surface area (Å²) in [6.45, 7) is 0. The van der Waals surface area contributed by atoms with Crippen molar-refractivity contribution in [3.05, 3.63) is 60.7 Å². The van der Waals surface area contributed by atoms with Crippen molar-refractivity contribution >= 4 is 11.9 Å². The molecule has 0 fully saturated rings. The number of hydrogen-bond acceptors (Lipinski definition) is 3. The average molecular weight is 300 g/mol. The third-order valence-corrected chi connectivity index (χ3v) is 2.90.